The van der Waals surface area contributed by atoms with Crippen LogP contribution in [0.25, 0.3) is 0 Å². The number of nitrogens with one attached hydrogen (secondary N) is 1. The van der Waals surface area contributed by atoms with Gasteiger partial charge < -0.3 is 10.1 Å². The van der Waals surface area contributed by atoms with Gasteiger partial charge in [0.05, 0.1) is 6.10 Å². The van der Waals surface area contributed by atoms with Crippen molar-refractivity contribution in [2.45, 2.75) is 39.3 Å². The van der Waals surface area contributed by atoms with Crippen LogP contribution in [0.5, 0.6) is 0 Å². The number of likely N-dealkylation sites (N-methyl/N-ethyl adjacent to an activating group) is 1. The maximum absolute atomic E-state index is 5.63. The highest BCUT2D eigenvalue weighted by Crippen LogP contribution is 2.10. The SMILES string of the molecule is CCOC(C)C(Cc1cccc(C)c1)NC. The fourth-order valence-electron chi connectivity index (χ4n) is 1.97. The molecule has 0 aliphatic heterocycles. The third-order valence-corrected chi connectivity index (χ3v) is 2.91. The average Bonchev–Trinajstić information content (AvgIpc) is 2.26. The van der Waals surface area contributed by atoms with Crippen molar-refractivity contribution in [2.24, 2.45) is 0 Å². The molecule has 0 aliphatic rings. The van der Waals surface area contributed by atoms with Crippen molar-refractivity contribution in [1.29, 1.82) is 0 Å². The molecule has 2 unspecified atom stereocenters. The van der Waals surface area contributed by atoms with Crippen LogP contribution >= 0.6 is 0 Å². The molecule has 0 bridgehead atoms. The Morgan fingerprint density at radius 2 is 2.12 bits per heavy atom. The van der Waals surface area contributed by atoms with Gasteiger partial charge in [-0.25, -0.2) is 0 Å². The first-order chi connectivity index (χ1) is 7.67. The van der Waals surface area contributed by atoms with E-state index in [2.05, 4.69) is 43.4 Å². The number of aryl methyl sites for hydroxylation is 1. The molecule has 16 heavy (non-hydrogen) atoms. The molecule has 0 saturated carbocycles. The van der Waals surface area contributed by atoms with Gasteiger partial charge in [-0.2, -0.15) is 0 Å². The van der Waals surface area contributed by atoms with Crippen LogP contribution in [-0.2, 0) is 11.2 Å². The van der Waals surface area contributed by atoms with E-state index in [0.717, 1.165) is 13.0 Å². The molecule has 1 aromatic carbocycles. The van der Waals surface area contributed by atoms with E-state index in [1.54, 1.807) is 0 Å². The Kier molecular flexibility index (Phi) is 5.50. The summed E-state index contributed by atoms with van der Waals surface area (Å²) >= 11 is 0. The first-order valence-electron chi connectivity index (χ1n) is 6.01. The van der Waals surface area contributed by atoms with Crippen LogP contribution in [0, 0.1) is 6.92 Å². The Bertz CT molecular complexity index is 311. The molecule has 0 saturated heterocycles. The van der Waals surface area contributed by atoms with Crippen LogP contribution in [0.2, 0.25) is 0 Å². The van der Waals surface area contributed by atoms with Crippen molar-refractivity contribution >= 4 is 0 Å². The van der Waals surface area contributed by atoms with Crippen LogP contribution in [0.1, 0.15) is 25.0 Å². The average molecular weight is 221 g/mol. The monoisotopic (exact) mass is 221 g/mol. The number of hydrogen-bond donors (Lipinski definition) is 1. The Morgan fingerprint density at radius 1 is 1.38 bits per heavy atom. The second-order valence-corrected chi connectivity index (χ2v) is 4.25. The predicted molar refractivity (Wildman–Crippen MR) is 68.8 cm³/mol. The van der Waals surface area contributed by atoms with E-state index in [0.29, 0.717) is 6.04 Å². The second kappa shape index (κ2) is 6.66. The third kappa shape index (κ3) is 3.95. The van der Waals surface area contributed by atoms with Gasteiger partial charge in [0.25, 0.3) is 0 Å². The van der Waals surface area contributed by atoms with Crippen molar-refractivity contribution in [3.63, 3.8) is 0 Å². The van der Waals surface area contributed by atoms with Crippen molar-refractivity contribution in [3.05, 3.63) is 35.4 Å². The molecule has 0 amide bonds. The van der Waals surface area contributed by atoms with Crippen LogP contribution in [0.15, 0.2) is 24.3 Å². The Labute approximate surface area is 99.0 Å². The van der Waals surface area contributed by atoms with E-state index in [1.807, 2.05) is 14.0 Å². The van der Waals surface area contributed by atoms with Crippen LogP contribution in [0.4, 0.5) is 0 Å². The summed E-state index contributed by atoms with van der Waals surface area (Å²) in [6.45, 7) is 7.06. The molecule has 1 aromatic rings. The highest BCUT2D eigenvalue weighted by Gasteiger charge is 2.15. The normalized spacial score (nSPS) is 14.8. The predicted octanol–water partition coefficient (Wildman–Crippen LogP) is 2.55. The molecule has 0 aliphatic carbocycles. The lowest BCUT2D eigenvalue weighted by molar-refractivity contribution is 0.0497. The zero-order valence-corrected chi connectivity index (χ0v) is 10.8. The van der Waals surface area contributed by atoms with Crippen molar-refractivity contribution in [3.8, 4) is 0 Å². The molecule has 2 nitrogen and oxygen atoms in total. The van der Waals surface area contributed by atoms with Crippen LogP contribution in [-0.4, -0.2) is 25.8 Å². The summed E-state index contributed by atoms with van der Waals surface area (Å²) < 4.78 is 5.63. The van der Waals surface area contributed by atoms with Gasteiger partial charge in [0.1, 0.15) is 0 Å². The summed E-state index contributed by atoms with van der Waals surface area (Å²) in [6.07, 6.45) is 1.26. The van der Waals surface area contributed by atoms with E-state index in [1.165, 1.54) is 11.1 Å². The summed E-state index contributed by atoms with van der Waals surface area (Å²) in [7, 11) is 2.00. The topological polar surface area (TPSA) is 21.3 Å². The summed E-state index contributed by atoms with van der Waals surface area (Å²) in [5.74, 6) is 0. The quantitative estimate of drug-likeness (QED) is 0.797. The molecule has 90 valence electrons. The van der Waals surface area contributed by atoms with E-state index in [-0.39, 0.29) is 6.10 Å². The van der Waals surface area contributed by atoms with E-state index >= 15 is 0 Å². The molecular weight excluding hydrogens is 198 g/mol. The first-order valence-corrected chi connectivity index (χ1v) is 6.01. The van der Waals surface area contributed by atoms with Gasteiger partial charge in [-0.05, 0) is 39.8 Å². The first kappa shape index (κ1) is 13.2. The van der Waals surface area contributed by atoms with Crippen molar-refractivity contribution in [1.82, 2.24) is 5.32 Å². The van der Waals surface area contributed by atoms with Gasteiger partial charge in [0.15, 0.2) is 0 Å². The summed E-state index contributed by atoms with van der Waals surface area (Å²) in [4.78, 5) is 0. The maximum atomic E-state index is 5.63. The van der Waals surface area contributed by atoms with Gasteiger partial charge in [-0.15, -0.1) is 0 Å². The third-order valence-electron chi connectivity index (χ3n) is 2.91. The number of ether oxygens (including phenoxy) is 1. The summed E-state index contributed by atoms with van der Waals surface area (Å²) in [5, 5.41) is 3.33. The minimum Gasteiger partial charge on any atom is -0.377 e. The Morgan fingerprint density at radius 3 is 2.69 bits per heavy atom. The number of benzene rings is 1. The molecule has 0 spiro atoms. The van der Waals surface area contributed by atoms with Crippen LogP contribution in [0.3, 0.4) is 0 Å². The standard InChI is InChI=1S/C14H23NO/c1-5-16-12(3)14(15-4)10-13-8-6-7-11(2)9-13/h6-9,12,14-15H,5,10H2,1-4H3. The van der Waals surface area contributed by atoms with E-state index in [9.17, 15) is 0 Å². The van der Waals surface area contributed by atoms with Gasteiger partial charge in [0.2, 0.25) is 0 Å². The molecule has 0 aromatic heterocycles. The molecule has 2 heteroatoms. The fourth-order valence-corrected chi connectivity index (χ4v) is 1.97. The Balaban J connectivity index is 2.62. The smallest absolute Gasteiger partial charge is 0.0702 e. The molecular formula is C14H23NO. The van der Waals surface area contributed by atoms with Gasteiger partial charge >= 0.3 is 0 Å². The minimum absolute atomic E-state index is 0.246. The Hall–Kier alpha value is -0.860. The van der Waals surface area contributed by atoms with E-state index in [4.69, 9.17) is 4.74 Å². The number of hydrogen-bond acceptors (Lipinski definition) is 2. The highest BCUT2D eigenvalue weighted by molar-refractivity contribution is 5.23. The number of rotatable bonds is 6. The van der Waals surface area contributed by atoms with Gasteiger partial charge in [0, 0.05) is 12.6 Å². The summed E-state index contributed by atoms with van der Waals surface area (Å²) in [6, 6.07) is 9.03. The molecule has 0 fully saturated rings. The van der Waals surface area contributed by atoms with E-state index < -0.39 is 0 Å². The summed E-state index contributed by atoms with van der Waals surface area (Å²) in [5.41, 5.74) is 2.68. The zero-order chi connectivity index (χ0) is 12.0. The lowest BCUT2D eigenvalue weighted by Gasteiger charge is -2.23. The molecule has 1 rings (SSSR count). The minimum atomic E-state index is 0.246. The molecule has 0 radical (unpaired) electrons. The van der Waals surface area contributed by atoms with Crippen molar-refractivity contribution < 1.29 is 4.74 Å². The zero-order valence-electron chi connectivity index (χ0n) is 10.8. The second-order valence-electron chi connectivity index (χ2n) is 4.25. The molecule has 2 atom stereocenters. The fraction of sp³-hybridized carbons (Fsp3) is 0.571. The van der Waals surface area contributed by atoms with Gasteiger partial charge in [-0.3, -0.25) is 0 Å². The lowest BCUT2D eigenvalue weighted by Crippen LogP contribution is -2.39. The van der Waals surface area contributed by atoms with Gasteiger partial charge in [-0.1, -0.05) is 29.8 Å². The van der Waals surface area contributed by atoms with Crippen LogP contribution < -0.4 is 5.32 Å². The van der Waals surface area contributed by atoms with Crippen molar-refractivity contribution in [2.75, 3.05) is 13.7 Å². The molecule has 0 heterocycles. The lowest BCUT2D eigenvalue weighted by atomic mass is 10.0. The highest BCUT2D eigenvalue weighted by atomic mass is 16.5. The molecule has 1 N–H and O–H groups in total. The largest absolute Gasteiger partial charge is 0.377 e. The maximum Gasteiger partial charge on any atom is 0.0702 e.